The minimum Gasteiger partial charge on any atom is -0.478 e. The van der Waals surface area contributed by atoms with Crippen molar-refractivity contribution in [3.8, 4) is 11.5 Å². The van der Waals surface area contributed by atoms with E-state index in [9.17, 15) is 9.18 Å². The van der Waals surface area contributed by atoms with E-state index in [2.05, 4.69) is 0 Å². The second kappa shape index (κ2) is 5.10. The minimum atomic E-state index is -1.08. The molecule has 0 aliphatic carbocycles. The molecule has 0 unspecified atom stereocenters. The molecule has 0 atom stereocenters. The number of carbonyl (C=O) groups is 1. The predicted octanol–water partition coefficient (Wildman–Crippen LogP) is 3.93. The van der Waals surface area contributed by atoms with Gasteiger partial charge in [-0.05, 0) is 43.2 Å². The first kappa shape index (κ1) is 13.1. The Kier molecular flexibility index (Phi) is 3.51. The minimum absolute atomic E-state index is 0.0502. The third-order valence-electron chi connectivity index (χ3n) is 2.74. The van der Waals surface area contributed by atoms with E-state index in [-0.39, 0.29) is 11.3 Å². The Bertz CT molecular complexity index is 635. The maximum absolute atomic E-state index is 13.2. The maximum Gasteiger partial charge on any atom is 0.339 e. The molecule has 98 valence electrons. The highest BCUT2D eigenvalue weighted by atomic mass is 19.1. The average molecular weight is 260 g/mol. The second-order valence-electron chi connectivity index (χ2n) is 4.32. The van der Waals surface area contributed by atoms with Crippen LogP contribution in [0.4, 0.5) is 4.39 Å². The monoisotopic (exact) mass is 260 g/mol. The first-order valence-electron chi connectivity index (χ1n) is 5.75. The first-order chi connectivity index (χ1) is 8.97. The quantitative estimate of drug-likeness (QED) is 0.909. The van der Waals surface area contributed by atoms with Crippen molar-refractivity contribution in [1.29, 1.82) is 0 Å². The zero-order valence-electron chi connectivity index (χ0n) is 10.6. The Morgan fingerprint density at radius 3 is 2.53 bits per heavy atom. The van der Waals surface area contributed by atoms with Crippen LogP contribution in [0.15, 0.2) is 36.4 Å². The van der Waals surface area contributed by atoms with Crippen LogP contribution in [0.2, 0.25) is 0 Å². The van der Waals surface area contributed by atoms with Crippen molar-refractivity contribution < 1.29 is 19.0 Å². The van der Waals surface area contributed by atoms with Crippen molar-refractivity contribution in [3.05, 3.63) is 58.9 Å². The lowest BCUT2D eigenvalue weighted by Gasteiger charge is -2.11. The molecule has 2 aromatic carbocycles. The fourth-order valence-corrected chi connectivity index (χ4v) is 1.69. The number of hydrogen-bond donors (Lipinski definition) is 1. The lowest BCUT2D eigenvalue weighted by molar-refractivity contribution is 0.0694. The molecule has 0 saturated carbocycles. The number of halogens is 1. The summed E-state index contributed by atoms with van der Waals surface area (Å²) in [6.45, 7) is 3.60. The van der Waals surface area contributed by atoms with Crippen LogP contribution in [-0.2, 0) is 0 Å². The largest absolute Gasteiger partial charge is 0.478 e. The fraction of sp³-hybridized carbons (Fsp3) is 0.133. The summed E-state index contributed by atoms with van der Waals surface area (Å²) in [5, 5.41) is 9.10. The molecule has 0 aliphatic heterocycles. The van der Waals surface area contributed by atoms with Gasteiger partial charge in [-0.1, -0.05) is 12.1 Å². The van der Waals surface area contributed by atoms with E-state index < -0.39 is 11.8 Å². The summed E-state index contributed by atoms with van der Waals surface area (Å²) >= 11 is 0. The molecule has 0 saturated heterocycles. The van der Waals surface area contributed by atoms with Crippen molar-refractivity contribution in [2.24, 2.45) is 0 Å². The van der Waals surface area contributed by atoms with Crippen LogP contribution in [0, 0.1) is 19.7 Å². The van der Waals surface area contributed by atoms with E-state index >= 15 is 0 Å². The van der Waals surface area contributed by atoms with E-state index in [1.54, 1.807) is 25.1 Å². The van der Waals surface area contributed by atoms with Gasteiger partial charge in [0.2, 0.25) is 0 Å². The highest BCUT2D eigenvalue weighted by molar-refractivity contribution is 5.91. The number of aryl methyl sites for hydroxylation is 2. The van der Waals surface area contributed by atoms with E-state index in [4.69, 9.17) is 9.84 Å². The first-order valence-corrected chi connectivity index (χ1v) is 5.75. The van der Waals surface area contributed by atoms with Gasteiger partial charge in [0, 0.05) is 6.07 Å². The normalized spacial score (nSPS) is 10.3. The molecular formula is C15H13FO3. The van der Waals surface area contributed by atoms with Crippen LogP contribution in [0.25, 0.3) is 0 Å². The number of ether oxygens (including phenoxy) is 1. The lowest BCUT2D eigenvalue weighted by Crippen LogP contribution is -2.01. The number of aromatic carboxylic acids is 1. The molecule has 0 aromatic heterocycles. The smallest absolute Gasteiger partial charge is 0.339 e. The van der Waals surface area contributed by atoms with Crippen molar-refractivity contribution in [2.75, 3.05) is 0 Å². The molecule has 0 radical (unpaired) electrons. The predicted molar refractivity (Wildman–Crippen MR) is 69.3 cm³/mol. The Morgan fingerprint density at radius 1 is 1.11 bits per heavy atom. The number of carboxylic acid groups (broad SMARTS) is 1. The van der Waals surface area contributed by atoms with Gasteiger partial charge in [-0.15, -0.1) is 0 Å². The highest BCUT2D eigenvalue weighted by Crippen LogP contribution is 2.29. The van der Waals surface area contributed by atoms with Gasteiger partial charge in [-0.2, -0.15) is 0 Å². The Hall–Kier alpha value is -2.36. The molecule has 2 rings (SSSR count). The fourth-order valence-electron chi connectivity index (χ4n) is 1.69. The molecule has 0 bridgehead atoms. The molecule has 4 heteroatoms. The summed E-state index contributed by atoms with van der Waals surface area (Å²) in [5.74, 6) is -0.983. The summed E-state index contributed by atoms with van der Waals surface area (Å²) in [7, 11) is 0. The van der Waals surface area contributed by atoms with Crippen LogP contribution in [0.3, 0.4) is 0 Å². The Balaban J connectivity index is 2.45. The molecule has 19 heavy (non-hydrogen) atoms. The number of carboxylic acids is 1. The van der Waals surface area contributed by atoms with Gasteiger partial charge in [0.1, 0.15) is 22.9 Å². The topological polar surface area (TPSA) is 46.5 Å². The SMILES string of the molecule is Cc1ccc(C(=O)O)c(Oc2cc(F)ccc2C)c1. The number of hydrogen-bond acceptors (Lipinski definition) is 2. The lowest BCUT2D eigenvalue weighted by atomic mass is 10.1. The van der Waals surface area contributed by atoms with Gasteiger partial charge < -0.3 is 9.84 Å². The standard InChI is InChI=1S/C15H13FO3/c1-9-3-6-12(15(17)18)14(7-9)19-13-8-11(16)5-4-10(13)2/h3-8H,1-2H3,(H,17,18). The van der Waals surface area contributed by atoms with Gasteiger partial charge in [0.25, 0.3) is 0 Å². The van der Waals surface area contributed by atoms with E-state index in [1.807, 2.05) is 6.92 Å². The molecule has 2 aromatic rings. The van der Waals surface area contributed by atoms with Gasteiger partial charge in [0.15, 0.2) is 0 Å². The summed E-state index contributed by atoms with van der Waals surface area (Å²) in [5.41, 5.74) is 1.66. The van der Waals surface area contributed by atoms with Crippen molar-refractivity contribution in [2.45, 2.75) is 13.8 Å². The molecule has 0 heterocycles. The Labute approximate surface area is 110 Å². The van der Waals surface area contributed by atoms with Crippen LogP contribution < -0.4 is 4.74 Å². The van der Waals surface area contributed by atoms with Gasteiger partial charge >= 0.3 is 5.97 Å². The molecule has 0 amide bonds. The molecule has 1 N–H and O–H groups in total. The van der Waals surface area contributed by atoms with Crippen LogP contribution >= 0.6 is 0 Å². The van der Waals surface area contributed by atoms with Crippen LogP contribution in [0.5, 0.6) is 11.5 Å². The summed E-state index contributed by atoms with van der Waals surface area (Å²) in [4.78, 5) is 11.1. The summed E-state index contributed by atoms with van der Waals surface area (Å²) in [6, 6.07) is 8.94. The Morgan fingerprint density at radius 2 is 1.84 bits per heavy atom. The maximum atomic E-state index is 13.2. The molecule has 0 aliphatic rings. The summed E-state index contributed by atoms with van der Waals surface area (Å²) < 4.78 is 18.7. The molecular weight excluding hydrogens is 247 g/mol. The molecule has 0 fully saturated rings. The van der Waals surface area contributed by atoms with Crippen molar-refractivity contribution in [1.82, 2.24) is 0 Å². The van der Waals surface area contributed by atoms with E-state index in [1.165, 1.54) is 18.2 Å². The highest BCUT2D eigenvalue weighted by Gasteiger charge is 2.13. The van der Waals surface area contributed by atoms with E-state index in [0.29, 0.717) is 5.75 Å². The van der Waals surface area contributed by atoms with E-state index in [0.717, 1.165) is 11.1 Å². The molecule has 0 spiro atoms. The number of benzene rings is 2. The zero-order valence-corrected chi connectivity index (χ0v) is 10.6. The van der Waals surface area contributed by atoms with Crippen molar-refractivity contribution >= 4 is 5.97 Å². The van der Waals surface area contributed by atoms with Gasteiger partial charge in [0.05, 0.1) is 0 Å². The van der Waals surface area contributed by atoms with Gasteiger partial charge in [-0.25, -0.2) is 9.18 Å². The van der Waals surface area contributed by atoms with Crippen molar-refractivity contribution in [3.63, 3.8) is 0 Å². The average Bonchev–Trinajstić information content (AvgIpc) is 2.33. The number of rotatable bonds is 3. The second-order valence-corrected chi connectivity index (χ2v) is 4.32. The third kappa shape index (κ3) is 2.91. The van der Waals surface area contributed by atoms with Crippen LogP contribution in [0.1, 0.15) is 21.5 Å². The summed E-state index contributed by atoms with van der Waals surface area (Å²) in [6.07, 6.45) is 0. The van der Waals surface area contributed by atoms with Gasteiger partial charge in [-0.3, -0.25) is 0 Å². The molecule has 3 nitrogen and oxygen atoms in total. The third-order valence-corrected chi connectivity index (χ3v) is 2.74. The zero-order chi connectivity index (χ0) is 14.0. The van der Waals surface area contributed by atoms with Crippen LogP contribution in [-0.4, -0.2) is 11.1 Å².